The van der Waals surface area contributed by atoms with E-state index >= 15 is 0 Å². The molecule has 2 heteroatoms. The highest BCUT2D eigenvalue weighted by atomic mass is 16.3. The van der Waals surface area contributed by atoms with Crippen LogP contribution in [0.2, 0.25) is 0 Å². The van der Waals surface area contributed by atoms with Gasteiger partial charge in [-0.05, 0) is 30.2 Å². The van der Waals surface area contributed by atoms with Crippen molar-refractivity contribution in [3.05, 3.63) is 30.2 Å². The first kappa shape index (κ1) is 9.78. The van der Waals surface area contributed by atoms with Gasteiger partial charge in [0.25, 0.3) is 0 Å². The molecule has 1 rings (SSSR count). The van der Waals surface area contributed by atoms with E-state index in [4.69, 9.17) is 4.42 Å². The van der Waals surface area contributed by atoms with Crippen LogP contribution in [0.5, 0.6) is 0 Å². The van der Waals surface area contributed by atoms with Gasteiger partial charge in [0.1, 0.15) is 5.76 Å². The first-order valence-electron chi connectivity index (χ1n) is 4.43. The summed E-state index contributed by atoms with van der Waals surface area (Å²) in [5.41, 5.74) is 0. The van der Waals surface area contributed by atoms with Crippen molar-refractivity contribution in [3.63, 3.8) is 0 Å². The summed E-state index contributed by atoms with van der Waals surface area (Å²) in [4.78, 5) is 11.2. The van der Waals surface area contributed by atoms with E-state index in [2.05, 4.69) is 0 Å². The van der Waals surface area contributed by atoms with Gasteiger partial charge < -0.3 is 4.42 Å². The molecule has 0 N–H and O–H groups in total. The molecule has 0 radical (unpaired) electrons. The van der Waals surface area contributed by atoms with Crippen LogP contribution in [0.3, 0.4) is 0 Å². The number of furan rings is 1. The monoisotopic (exact) mass is 178 g/mol. The second-order valence-corrected chi connectivity index (χ2v) is 3.41. The summed E-state index contributed by atoms with van der Waals surface area (Å²) in [5, 5.41) is 0. The average molecular weight is 178 g/mol. The Morgan fingerprint density at radius 1 is 1.62 bits per heavy atom. The molecule has 1 heterocycles. The largest absolute Gasteiger partial charge is 0.465 e. The van der Waals surface area contributed by atoms with Crippen LogP contribution in [-0.4, -0.2) is 5.78 Å². The number of rotatable bonds is 4. The molecule has 13 heavy (non-hydrogen) atoms. The maximum atomic E-state index is 11.2. The predicted octanol–water partition coefficient (Wildman–Crippen LogP) is 2.91. The molecule has 70 valence electrons. The van der Waals surface area contributed by atoms with Gasteiger partial charge in [-0.3, -0.25) is 4.79 Å². The van der Waals surface area contributed by atoms with Crippen LogP contribution in [0.25, 0.3) is 6.08 Å². The summed E-state index contributed by atoms with van der Waals surface area (Å²) in [6, 6.07) is 3.62. The molecule has 0 saturated heterocycles. The lowest BCUT2D eigenvalue weighted by molar-refractivity contribution is -0.115. The first-order valence-corrected chi connectivity index (χ1v) is 4.43. The molecule has 0 unspecified atom stereocenters. The molecular formula is C11H14O2. The number of ketones is 1. The standard InChI is InChI=1S/C11H14O2/c1-9(2)8-10(12)5-6-11-4-3-7-13-11/h3-7,9H,8H2,1-2H3/b6-5+. The molecule has 0 aliphatic carbocycles. The molecule has 0 aromatic carbocycles. The van der Waals surface area contributed by atoms with E-state index in [-0.39, 0.29) is 5.78 Å². The molecule has 0 fully saturated rings. The zero-order valence-corrected chi connectivity index (χ0v) is 7.99. The minimum Gasteiger partial charge on any atom is -0.465 e. The number of allylic oxidation sites excluding steroid dienone is 1. The third-order valence-corrected chi connectivity index (χ3v) is 1.59. The van der Waals surface area contributed by atoms with E-state index in [0.29, 0.717) is 12.3 Å². The SMILES string of the molecule is CC(C)CC(=O)/C=C/c1ccco1. The lowest BCUT2D eigenvalue weighted by Gasteiger charge is -1.97. The van der Waals surface area contributed by atoms with E-state index in [1.54, 1.807) is 24.5 Å². The average Bonchev–Trinajstić information content (AvgIpc) is 2.51. The van der Waals surface area contributed by atoms with Crippen molar-refractivity contribution < 1.29 is 9.21 Å². The maximum Gasteiger partial charge on any atom is 0.156 e. The molecule has 0 atom stereocenters. The molecule has 0 aliphatic rings. The van der Waals surface area contributed by atoms with Crippen LogP contribution in [0, 0.1) is 5.92 Å². The van der Waals surface area contributed by atoms with Gasteiger partial charge in [0.05, 0.1) is 6.26 Å². The molecule has 0 aliphatic heterocycles. The molecule has 0 spiro atoms. The van der Waals surface area contributed by atoms with Gasteiger partial charge in [0.2, 0.25) is 0 Å². The highest BCUT2D eigenvalue weighted by Crippen LogP contribution is 2.05. The highest BCUT2D eigenvalue weighted by Gasteiger charge is 2.00. The van der Waals surface area contributed by atoms with E-state index in [9.17, 15) is 4.79 Å². The van der Waals surface area contributed by atoms with Gasteiger partial charge >= 0.3 is 0 Å². The molecular weight excluding hydrogens is 164 g/mol. The fourth-order valence-corrected chi connectivity index (χ4v) is 1.03. The minimum atomic E-state index is 0.145. The van der Waals surface area contributed by atoms with Crippen LogP contribution < -0.4 is 0 Å². The lowest BCUT2D eigenvalue weighted by atomic mass is 10.1. The van der Waals surface area contributed by atoms with Crippen LogP contribution in [0.1, 0.15) is 26.0 Å². The van der Waals surface area contributed by atoms with Crippen LogP contribution >= 0.6 is 0 Å². The maximum absolute atomic E-state index is 11.2. The third-order valence-electron chi connectivity index (χ3n) is 1.59. The topological polar surface area (TPSA) is 30.2 Å². The fraction of sp³-hybridized carbons (Fsp3) is 0.364. The van der Waals surface area contributed by atoms with Crippen LogP contribution in [0.15, 0.2) is 28.9 Å². The van der Waals surface area contributed by atoms with Gasteiger partial charge in [-0.1, -0.05) is 13.8 Å². The summed E-state index contributed by atoms with van der Waals surface area (Å²) < 4.78 is 5.05. The third kappa shape index (κ3) is 3.74. The molecule has 1 aromatic heterocycles. The zero-order valence-electron chi connectivity index (χ0n) is 7.99. The summed E-state index contributed by atoms with van der Waals surface area (Å²) in [6.45, 7) is 4.05. The van der Waals surface area contributed by atoms with Crippen LogP contribution in [0.4, 0.5) is 0 Å². The van der Waals surface area contributed by atoms with Crippen molar-refractivity contribution in [2.24, 2.45) is 5.92 Å². The Morgan fingerprint density at radius 2 is 2.38 bits per heavy atom. The number of hydrogen-bond donors (Lipinski definition) is 0. The first-order chi connectivity index (χ1) is 6.18. The van der Waals surface area contributed by atoms with Crippen molar-refractivity contribution in [3.8, 4) is 0 Å². The zero-order chi connectivity index (χ0) is 9.68. The van der Waals surface area contributed by atoms with Gasteiger partial charge in [0.15, 0.2) is 5.78 Å². The summed E-state index contributed by atoms with van der Waals surface area (Å²) in [6.07, 6.45) is 5.45. The van der Waals surface area contributed by atoms with Gasteiger partial charge in [-0.15, -0.1) is 0 Å². The highest BCUT2D eigenvalue weighted by molar-refractivity contribution is 5.93. The predicted molar refractivity (Wildman–Crippen MR) is 52.2 cm³/mol. The van der Waals surface area contributed by atoms with Gasteiger partial charge in [-0.25, -0.2) is 0 Å². The van der Waals surface area contributed by atoms with Crippen molar-refractivity contribution in [2.45, 2.75) is 20.3 Å². The van der Waals surface area contributed by atoms with Crippen molar-refractivity contribution in [1.29, 1.82) is 0 Å². The second kappa shape index (κ2) is 4.65. The smallest absolute Gasteiger partial charge is 0.156 e. The fourth-order valence-electron chi connectivity index (χ4n) is 1.03. The molecule has 1 aromatic rings. The number of carbonyl (C=O) groups is 1. The van der Waals surface area contributed by atoms with Crippen molar-refractivity contribution >= 4 is 11.9 Å². The quantitative estimate of drug-likeness (QED) is 0.663. The van der Waals surface area contributed by atoms with E-state index < -0.39 is 0 Å². The Morgan fingerprint density at radius 3 is 2.92 bits per heavy atom. The van der Waals surface area contributed by atoms with Crippen molar-refractivity contribution in [2.75, 3.05) is 0 Å². The Balaban J connectivity index is 2.44. The van der Waals surface area contributed by atoms with Crippen molar-refractivity contribution in [1.82, 2.24) is 0 Å². The summed E-state index contributed by atoms with van der Waals surface area (Å²) >= 11 is 0. The second-order valence-electron chi connectivity index (χ2n) is 3.41. The van der Waals surface area contributed by atoms with E-state index in [1.807, 2.05) is 19.9 Å². The van der Waals surface area contributed by atoms with Crippen LogP contribution in [-0.2, 0) is 4.79 Å². The Kier molecular flexibility index (Phi) is 3.50. The van der Waals surface area contributed by atoms with Gasteiger partial charge in [-0.2, -0.15) is 0 Å². The summed E-state index contributed by atoms with van der Waals surface area (Å²) in [5.74, 6) is 1.28. The number of hydrogen-bond acceptors (Lipinski definition) is 2. The molecule has 2 nitrogen and oxygen atoms in total. The Labute approximate surface area is 78.3 Å². The summed E-state index contributed by atoms with van der Waals surface area (Å²) in [7, 11) is 0. The number of carbonyl (C=O) groups excluding carboxylic acids is 1. The molecule has 0 bridgehead atoms. The Bertz CT molecular complexity index is 281. The Hall–Kier alpha value is -1.31. The van der Waals surface area contributed by atoms with E-state index in [0.717, 1.165) is 5.76 Å². The minimum absolute atomic E-state index is 0.145. The molecule has 0 amide bonds. The normalized spacial score (nSPS) is 11.3. The van der Waals surface area contributed by atoms with Gasteiger partial charge in [0, 0.05) is 6.42 Å². The van der Waals surface area contributed by atoms with E-state index in [1.165, 1.54) is 0 Å². The lowest BCUT2D eigenvalue weighted by Crippen LogP contribution is -1.97. The molecule has 0 saturated carbocycles.